The molecule has 1 aromatic heterocycles. The molecule has 0 spiro atoms. The molecule has 0 aliphatic carbocycles. The molecule has 3 rings (SSSR count). The Labute approximate surface area is 154 Å². The van der Waals surface area contributed by atoms with Crippen molar-refractivity contribution in [1.82, 2.24) is 14.7 Å². The number of aryl methyl sites for hydroxylation is 1. The molecule has 2 aromatic rings. The summed E-state index contributed by atoms with van der Waals surface area (Å²) in [4.78, 5) is 14.5. The van der Waals surface area contributed by atoms with Gasteiger partial charge in [-0.2, -0.15) is 5.10 Å². The summed E-state index contributed by atoms with van der Waals surface area (Å²) in [5.74, 6) is 0.678. The van der Waals surface area contributed by atoms with Gasteiger partial charge in [-0.25, -0.2) is 4.68 Å². The Morgan fingerprint density at radius 1 is 1.40 bits per heavy atom. The Morgan fingerprint density at radius 3 is 2.80 bits per heavy atom. The number of nitrogens with zero attached hydrogens (tertiary/aromatic N) is 3. The van der Waals surface area contributed by atoms with E-state index in [1.54, 1.807) is 24.1 Å². The number of hydrogen-bond donors (Lipinski definition) is 1. The predicted molar refractivity (Wildman–Crippen MR) is 99.8 cm³/mol. The van der Waals surface area contributed by atoms with E-state index < -0.39 is 0 Å². The molecule has 1 amide bonds. The first-order valence-electron chi connectivity index (χ1n) is 8.16. The molecule has 2 heterocycles. The van der Waals surface area contributed by atoms with Crippen molar-refractivity contribution in [3.05, 3.63) is 41.7 Å². The zero-order valence-corrected chi connectivity index (χ0v) is 15.7. The number of carbonyl (C=O) groups is 1. The third-order valence-corrected chi connectivity index (χ3v) is 4.73. The van der Waals surface area contributed by atoms with Crippen molar-refractivity contribution in [3.8, 4) is 11.4 Å². The number of likely N-dealkylation sites (tertiary alicyclic amines) is 1. The topological polar surface area (TPSA) is 73.4 Å². The normalized spacial score (nSPS) is 19.6. The molecule has 1 unspecified atom stereocenters. The van der Waals surface area contributed by atoms with E-state index >= 15 is 0 Å². The van der Waals surface area contributed by atoms with Crippen LogP contribution in [-0.2, 0) is 0 Å². The Morgan fingerprint density at radius 2 is 2.16 bits per heavy atom. The third-order valence-electron chi connectivity index (χ3n) is 4.73. The highest BCUT2D eigenvalue weighted by atomic mass is 35.5. The van der Waals surface area contributed by atoms with Gasteiger partial charge >= 0.3 is 0 Å². The van der Waals surface area contributed by atoms with Gasteiger partial charge in [0.1, 0.15) is 11.4 Å². The molecule has 1 atom stereocenters. The van der Waals surface area contributed by atoms with E-state index in [4.69, 9.17) is 10.5 Å². The highest BCUT2D eigenvalue weighted by Gasteiger charge is 2.35. The van der Waals surface area contributed by atoms with Crippen LogP contribution in [0.2, 0.25) is 0 Å². The average molecular weight is 365 g/mol. The van der Waals surface area contributed by atoms with Crippen molar-refractivity contribution >= 4 is 18.3 Å². The zero-order chi connectivity index (χ0) is 17.3. The van der Waals surface area contributed by atoms with E-state index in [1.165, 1.54) is 0 Å². The summed E-state index contributed by atoms with van der Waals surface area (Å²) in [5, 5.41) is 4.46. The van der Waals surface area contributed by atoms with Crippen LogP contribution in [0, 0.1) is 12.3 Å². The van der Waals surface area contributed by atoms with Crippen LogP contribution in [0.4, 0.5) is 0 Å². The minimum Gasteiger partial charge on any atom is -0.494 e. The molecule has 0 saturated carbocycles. The minimum atomic E-state index is -0.0439. The number of carbonyl (C=O) groups excluding carboxylic acids is 1. The Bertz CT molecular complexity index is 761. The number of amides is 1. The second kappa shape index (κ2) is 7.45. The smallest absolute Gasteiger partial charge is 0.274 e. The first kappa shape index (κ1) is 19.3. The SMILES string of the molecule is COc1ccc(C)cc1-n1ccc(C(=O)N2CCC(C)(CN)C2)n1.Cl. The molecule has 1 aromatic carbocycles. The van der Waals surface area contributed by atoms with Gasteiger partial charge in [-0.15, -0.1) is 12.4 Å². The second-order valence-electron chi connectivity index (χ2n) is 6.81. The lowest BCUT2D eigenvalue weighted by Crippen LogP contribution is -2.34. The van der Waals surface area contributed by atoms with Gasteiger partial charge in [0, 0.05) is 19.3 Å². The molecule has 0 bridgehead atoms. The quantitative estimate of drug-likeness (QED) is 0.904. The molecule has 1 fully saturated rings. The second-order valence-corrected chi connectivity index (χ2v) is 6.81. The number of rotatable bonds is 4. The van der Waals surface area contributed by atoms with Gasteiger partial charge in [-0.3, -0.25) is 4.79 Å². The molecule has 136 valence electrons. The molecule has 1 aliphatic rings. The molecular weight excluding hydrogens is 340 g/mol. The number of methoxy groups -OCH3 is 1. The fraction of sp³-hybridized carbons (Fsp3) is 0.444. The van der Waals surface area contributed by atoms with E-state index in [0.717, 1.165) is 30.0 Å². The van der Waals surface area contributed by atoms with Crippen LogP contribution in [-0.4, -0.2) is 47.3 Å². The molecule has 7 heteroatoms. The maximum atomic E-state index is 12.7. The lowest BCUT2D eigenvalue weighted by molar-refractivity contribution is 0.0770. The molecule has 1 aliphatic heterocycles. The van der Waals surface area contributed by atoms with Gasteiger partial charge in [-0.05, 0) is 49.1 Å². The predicted octanol–water partition coefficient (Wildman–Crippen LogP) is 2.42. The van der Waals surface area contributed by atoms with Crippen LogP contribution in [0.1, 0.15) is 29.4 Å². The number of benzene rings is 1. The summed E-state index contributed by atoms with van der Waals surface area (Å²) in [7, 11) is 1.63. The van der Waals surface area contributed by atoms with Gasteiger partial charge in [0.15, 0.2) is 5.69 Å². The molecule has 0 radical (unpaired) electrons. The summed E-state index contributed by atoms with van der Waals surface area (Å²) >= 11 is 0. The highest BCUT2D eigenvalue weighted by molar-refractivity contribution is 5.92. The monoisotopic (exact) mass is 364 g/mol. The fourth-order valence-corrected chi connectivity index (χ4v) is 3.08. The van der Waals surface area contributed by atoms with Gasteiger partial charge in [0.05, 0.1) is 7.11 Å². The van der Waals surface area contributed by atoms with Gasteiger partial charge in [0.2, 0.25) is 0 Å². The van der Waals surface area contributed by atoms with Gasteiger partial charge in [0.25, 0.3) is 5.91 Å². The Kier molecular flexibility index (Phi) is 5.75. The van der Waals surface area contributed by atoms with Crippen LogP contribution >= 0.6 is 12.4 Å². The van der Waals surface area contributed by atoms with E-state index in [2.05, 4.69) is 12.0 Å². The van der Waals surface area contributed by atoms with Crippen LogP contribution < -0.4 is 10.5 Å². The van der Waals surface area contributed by atoms with Crippen LogP contribution in [0.15, 0.2) is 30.5 Å². The van der Waals surface area contributed by atoms with E-state index in [-0.39, 0.29) is 23.7 Å². The minimum absolute atomic E-state index is 0. The maximum absolute atomic E-state index is 12.7. The summed E-state index contributed by atoms with van der Waals surface area (Å²) in [5.41, 5.74) is 8.21. The first-order chi connectivity index (χ1) is 11.5. The molecule has 6 nitrogen and oxygen atoms in total. The van der Waals surface area contributed by atoms with Crippen LogP contribution in [0.3, 0.4) is 0 Å². The summed E-state index contributed by atoms with van der Waals surface area (Å²) in [6, 6.07) is 7.63. The van der Waals surface area contributed by atoms with Crippen molar-refractivity contribution in [2.75, 3.05) is 26.7 Å². The third kappa shape index (κ3) is 3.80. The van der Waals surface area contributed by atoms with Crippen molar-refractivity contribution in [2.24, 2.45) is 11.1 Å². The molecule has 25 heavy (non-hydrogen) atoms. The summed E-state index contributed by atoms with van der Waals surface area (Å²) in [6.45, 7) is 6.13. The Hall–Kier alpha value is -2.05. The first-order valence-corrected chi connectivity index (χ1v) is 8.16. The average Bonchev–Trinajstić information content (AvgIpc) is 3.22. The Balaban J connectivity index is 0.00000225. The lowest BCUT2D eigenvalue weighted by atomic mass is 9.90. The summed E-state index contributed by atoms with van der Waals surface area (Å²) in [6.07, 6.45) is 2.73. The maximum Gasteiger partial charge on any atom is 0.274 e. The fourth-order valence-electron chi connectivity index (χ4n) is 3.08. The van der Waals surface area contributed by atoms with E-state index in [1.807, 2.05) is 30.0 Å². The van der Waals surface area contributed by atoms with Crippen molar-refractivity contribution in [3.63, 3.8) is 0 Å². The lowest BCUT2D eigenvalue weighted by Gasteiger charge is -2.22. The number of halogens is 1. The number of nitrogens with two attached hydrogens (primary N) is 1. The van der Waals surface area contributed by atoms with E-state index in [9.17, 15) is 4.79 Å². The van der Waals surface area contributed by atoms with Crippen molar-refractivity contribution in [2.45, 2.75) is 20.3 Å². The number of aromatic nitrogens is 2. The van der Waals surface area contributed by atoms with E-state index in [0.29, 0.717) is 18.8 Å². The molecule has 1 saturated heterocycles. The largest absolute Gasteiger partial charge is 0.494 e. The highest BCUT2D eigenvalue weighted by Crippen LogP contribution is 2.29. The molecular formula is C18H25ClN4O2. The van der Waals surface area contributed by atoms with Crippen LogP contribution in [0.5, 0.6) is 5.75 Å². The standard InChI is InChI=1S/C18H24N4O2.ClH/c1-13-4-5-16(24-3)15(10-13)22-8-6-14(20-22)17(23)21-9-7-18(2,11-19)12-21;/h4-6,8,10H,7,9,11-12,19H2,1-3H3;1H. The molecule has 2 N–H and O–H groups in total. The van der Waals surface area contributed by atoms with Crippen molar-refractivity contribution < 1.29 is 9.53 Å². The number of ether oxygens (including phenoxy) is 1. The number of hydrogen-bond acceptors (Lipinski definition) is 4. The zero-order valence-electron chi connectivity index (χ0n) is 14.9. The van der Waals surface area contributed by atoms with Crippen LogP contribution in [0.25, 0.3) is 5.69 Å². The summed E-state index contributed by atoms with van der Waals surface area (Å²) < 4.78 is 7.09. The van der Waals surface area contributed by atoms with Gasteiger partial charge in [-0.1, -0.05) is 13.0 Å². The van der Waals surface area contributed by atoms with Gasteiger partial charge < -0.3 is 15.4 Å². The van der Waals surface area contributed by atoms with Crippen molar-refractivity contribution in [1.29, 1.82) is 0 Å².